The van der Waals surface area contributed by atoms with Gasteiger partial charge in [0.2, 0.25) is 5.91 Å². The van der Waals surface area contributed by atoms with E-state index in [-0.39, 0.29) is 17.2 Å². The molecule has 0 saturated heterocycles. The smallest absolute Gasteiger partial charge is 0.262 e. The van der Waals surface area contributed by atoms with Gasteiger partial charge in [0.15, 0.2) is 5.16 Å². The van der Waals surface area contributed by atoms with Gasteiger partial charge in [-0.3, -0.25) is 14.2 Å². The number of methoxy groups -OCH3 is 1. The summed E-state index contributed by atoms with van der Waals surface area (Å²) >= 11 is 1.35. The maximum absolute atomic E-state index is 13.3. The molecule has 0 unspecified atom stereocenters. The lowest BCUT2D eigenvalue weighted by molar-refractivity contribution is -0.128. The Balaban J connectivity index is 1.60. The van der Waals surface area contributed by atoms with E-state index in [0.29, 0.717) is 28.5 Å². The molecule has 7 heteroatoms. The van der Waals surface area contributed by atoms with Crippen LogP contribution in [0.4, 0.5) is 0 Å². The highest BCUT2D eigenvalue weighted by Crippen LogP contribution is 2.30. The van der Waals surface area contributed by atoms with Crippen LogP contribution in [0.5, 0.6) is 5.75 Å². The molecule has 0 aliphatic heterocycles. The zero-order valence-corrected chi connectivity index (χ0v) is 19.4. The van der Waals surface area contributed by atoms with E-state index in [2.05, 4.69) is 6.92 Å². The predicted octanol–water partition coefficient (Wildman–Crippen LogP) is 4.19. The first-order valence-electron chi connectivity index (χ1n) is 11.1. The van der Waals surface area contributed by atoms with Crippen LogP contribution in [0.15, 0.2) is 58.5 Å². The van der Waals surface area contributed by atoms with Crippen molar-refractivity contribution in [1.82, 2.24) is 14.5 Å². The van der Waals surface area contributed by atoms with Gasteiger partial charge in [0, 0.05) is 13.1 Å². The SMILES string of the molecule is CCCN(CC1CC1)C(=O)CSc1nc2ccccc2c(=O)n1Cc1ccc(OC)cc1. The minimum atomic E-state index is -0.0928. The van der Waals surface area contributed by atoms with Gasteiger partial charge in [-0.05, 0) is 55.0 Å². The second-order valence-electron chi connectivity index (χ2n) is 8.22. The van der Waals surface area contributed by atoms with Crippen molar-refractivity contribution < 1.29 is 9.53 Å². The first-order chi connectivity index (χ1) is 15.6. The molecule has 3 aromatic rings. The van der Waals surface area contributed by atoms with Gasteiger partial charge in [0.05, 0.1) is 30.3 Å². The van der Waals surface area contributed by atoms with E-state index in [1.165, 1.54) is 24.6 Å². The van der Waals surface area contributed by atoms with E-state index >= 15 is 0 Å². The van der Waals surface area contributed by atoms with Gasteiger partial charge in [-0.15, -0.1) is 0 Å². The molecule has 6 nitrogen and oxygen atoms in total. The summed E-state index contributed by atoms with van der Waals surface area (Å²) in [6.45, 7) is 4.10. The molecule has 1 aliphatic rings. The fourth-order valence-corrected chi connectivity index (χ4v) is 4.63. The Morgan fingerprint density at radius 2 is 1.94 bits per heavy atom. The lowest BCUT2D eigenvalue weighted by Crippen LogP contribution is -2.35. The number of hydrogen-bond acceptors (Lipinski definition) is 5. The van der Waals surface area contributed by atoms with Crippen molar-refractivity contribution in [2.24, 2.45) is 5.92 Å². The van der Waals surface area contributed by atoms with Gasteiger partial charge in [0.1, 0.15) is 5.75 Å². The summed E-state index contributed by atoms with van der Waals surface area (Å²) in [5, 5.41) is 1.15. The molecule has 4 rings (SSSR count). The first kappa shape index (κ1) is 22.4. The molecular weight excluding hydrogens is 422 g/mol. The van der Waals surface area contributed by atoms with Crippen molar-refractivity contribution in [3.8, 4) is 5.75 Å². The van der Waals surface area contributed by atoms with Gasteiger partial charge in [-0.25, -0.2) is 4.98 Å². The molecule has 2 aromatic carbocycles. The van der Waals surface area contributed by atoms with Crippen LogP contribution >= 0.6 is 11.8 Å². The van der Waals surface area contributed by atoms with Gasteiger partial charge in [-0.1, -0.05) is 43.0 Å². The zero-order valence-electron chi connectivity index (χ0n) is 18.6. The lowest BCUT2D eigenvalue weighted by atomic mass is 10.2. The summed E-state index contributed by atoms with van der Waals surface area (Å²) in [7, 11) is 1.63. The Bertz CT molecular complexity index is 1140. The predicted molar refractivity (Wildman–Crippen MR) is 128 cm³/mol. The van der Waals surface area contributed by atoms with Crippen LogP contribution < -0.4 is 10.3 Å². The fourth-order valence-electron chi connectivity index (χ4n) is 3.73. The number of amides is 1. The van der Waals surface area contributed by atoms with Crippen molar-refractivity contribution in [2.75, 3.05) is 26.0 Å². The maximum atomic E-state index is 13.3. The van der Waals surface area contributed by atoms with E-state index < -0.39 is 0 Å². The van der Waals surface area contributed by atoms with Crippen molar-refractivity contribution >= 4 is 28.6 Å². The summed E-state index contributed by atoms with van der Waals surface area (Å²) in [6, 6.07) is 15.0. The maximum Gasteiger partial charge on any atom is 0.262 e. The molecule has 0 bridgehead atoms. The third kappa shape index (κ3) is 5.33. The molecule has 1 amide bonds. The molecule has 1 aromatic heterocycles. The first-order valence-corrected chi connectivity index (χ1v) is 12.1. The molecule has 1 fully saturated rings. The Kier molecular flexibility index (Phi) is 7.15. The minimum Gasteiger partial charge on any atom is -0.497 e. The van der Waals surface area contributed by atoms with E-state index in [9.17, 15) is 9.59 Å². The van der Waals surface area contributed by atoms with Crippen LogP contribution in [-0.4, -0.2) is 46.3 Å². The number of thioether (sulfide) groups is 1. The van der Waals surface area contributed by atoms with E-state index in [4.69, 9.17) is 9.72 Å². The second-order valence-corrected chi connectivity index (χ2v) is 9.17. The number of nitrogens with zero attached hydrogens (tertiary/aromatic N) is 3. The summed E-state index contributed by atoms with van der Waals surface area (Å²) in [6.07, 6.45) is 3.38. The standard InChI is InChI=1S/C25H29N3O3S/c1-3-14-27(15-18-8-9-18)23(29)17-32-25-26-22-7-5-4-6-21(22)24(30)28(25)16-19-10-12-20(31-2)13-11-19/h4-7,10-13,18H,3,8-9,14-17H2,1-2H3. The number of ether oxygens (including phenoxy) is 1. The summed E-state index contributed by atoms with van der Waals surface area (Å²) < 4.78 is 6.91. The Hall–Kier alpha value is -2.80. The van der Waals surface area contributed by atoms with Gasteiger partial charge in [-0.2, -0.15) is 0 Å². The van der Waals surface area contributed by atoms with Crippen LogP contribution in [0.25, 0.3) is 10.9 Å². The molecule has 168 valence electrons. The van der Waals surface area contributed by atoms with Crippen molar-refractivity contribution in [1.29, 1.82) is 0 Å². The second kappa shape index (κ2) is 10.2. The fraction of sp³-hybridized carbons (Fsp3) is 0.400. The highest BCUT2D eigenvalue weighted by molar-refractivity contribution is 7.99. The largest absolute Gasteiger partial charge is 0.497 e. The van der Waals surface area contributed by atoms with Gasteiger partial charge >= 0.3 is 0 Å². The zero-order chi connectivity index (χ0) is 22.5. The lowest BCUT2D eigenvalue weighted by Gasteiger charge is -2.22. The minimum absolute atomic E-state index is 0.0928. The van der Waals surface area contributed by atoms with Gasteiger partial charge < -0.3 is 9.64 Å². The highest BCUT2D eigenvalue weighted by Gasteiger charge is 2.26. The average Bonchev–Trinajstić information content (AvgIpc) is 3.64. The number of para-hydroxylation sites is 1. The Morgan fingerprint density at radius 1 is 1.19 bits per heavy atom. The highest BCUT2D eigenvalue weighted by atomic mass is 32.2. The number of rotatable bonds is 10. The van der Waals surface area contributed by atoms with Crippen LogP contribution in [-0.2, 0) is 11.3 Å². The average molecular weight is 452 g/mol. The van der Waals surface area contributed by atoms with Crippen molar-refractivity contribution in [3.05, 3.63) is 64.4 Å². The molecule has 0 spiro atoms. The molecule has 1 heterocycles. The van der Waals surface area contributed by atoms with E-state index in [1.54, 1.807) is 17.7 Å². The molecule has 32 heavy (non-hydrogen) atoms. The number of aromatic nitrogens is 2. The molecule has 0 atom stereocenters. The number of carbonyl (C=O) groups is 1. The Labute approximate surface area is 192 Å². The normalized spacial score (nSPS) is 13.3. The van der Waals surface area contributed by atoms with E-state index in [1.807, 2.05) is 47.4 Å². The summed E-state index contributed by atoms with van der Waals surface area (Å²) in [4.78, 5) is 33.0. The molecule has 0 radical (unpaired) electrons. The number of fused-ring (bicyclic) bond motifs is 1. The molecular formula is C25H29N3O3S. The van der Waals surface area contributed by atoms with E-state index in [0.717, 1.165) is 30.8 Å². The number of benzene rings is 2. The third-order valence-corrected chi connectivity index (χ3v) is 6.63. The summed E-state index contributed by atoms with van der Waals surface area (Å²) in [5.41, 5.74) is 1.53. The van der Waals surface area contributed by atoms with Crippen LogP contribution in [0.1, 0.15) is 31.7 Å². The molecule has 1 saturated carbocycles. The van der Waals surface area contributed by atoms with Crippen LogP contribution in [0.3, 0.4) is 0 Å². The topological polar surface area (TPSA) is 64.4 Å². The van der Waals surface area contributed by atoms with Crippen molar-refractivity contribution in [2.45, 2.75) is 37.9 Å². The third-order valence-electron chi connectivity index (χ3n) is 5.67. The monoisotopic (exact) mass is 451 g/mol. The summed E-state index contributed by atoms with van der Waals surface area (Å²) in [5.74, 6) is 1.81. The van der Waals surface area contributed by atoms with Crippen LogP contribution in [0.2, 0.25) is 0 Å². The van der Waals surface area contributed by atoms with Gasteiger partial charge in [0.25, 0.3) is 5.56 Å². The van der Waals surface area contributed by atoms with Crippen LogP contribution in [0, 0.1) is 5.92 Å². The quantitative estimate of drug-likeness (QED) is 0.342. The number of carbonyl (C=O) groups excluding carboxylic acids is 1. The van der Waals surface area contributed by atoms with Crippen molar-refractivity contribution in [3.63, 3.8) is 0 Å². The molecule has 0 N–H and O–H groups in total. The number of hydrogen-bond donors (Lipinski definition) is 0. The Morgan fingerprint density at radius 3 is 2.62 bits per heavy atom. The molecule has 1 aliphatic carbocycles.